The molecule has 1 rings (SSSR count). The van der Waals surface area contributed by atoms with Crippen LogP contribution in [0.3, 0.4) is 0 Å². The van der Waals surface area contributed by atoms with Crippen molar-refractivity contribution >= 4 is 17.5 Å². The molecule has 0 aromatic heterocycles. The first-order valence-electron chi connectivity index (χ1n) is 2.41. The summed E-state index contributed by atoms with van der Waals surface area (Å²) in [6, 6.07) is 0. The highest BCUT2D eigenvalue weighted by molar-refractivity contribution is 6.64. The molecule has 0 atom stereocenters. The normalized spacial score (nSPS) is 15.5. The number of amides is 1. The first kappa shape index (κ1) is 7.03. The zero-order valence-electron chi connectivity index (χ0n) is 5.01. The number of hydrogen-bond donors (Lipinski definition) is 1. The summed E-state index contributed by atoms with van der Waals surface area (Å²) >= 11 is 0. The number of carbonyl (C=O) groups excluding carboxylic acids is 1. The Morgan fingerprint density at radius 3 is 2.73 bits per heavy atom. The molecule has 1 N–H and O–H groups in total. The Morgan fingerprint density at radius 1 is 1.73 bits per heavy atom. The number of nitrogens with one attached hydrogen (secondary N) is 1. The predicted molar refractivity (Wildman–Crippen MR) is 31.2 cm³/mol. The lowest BCUT2D eigenvalue weighted by atomic mass is 10.3. The summed E-state index contributed by atoms with van der Waals surface area (Å²) in [5.74, 6) is -1.67. The lowest BCUT2D eigenvalue weighted by Crippen LogP contribution is -2.27. The summed E-state index contributed by atoms with van der Waals surface area (Å²) in [4.78, 5) is 22.0. The van der Waals surface area contributed by atoms with Crippen LogP contribution in [-0.4, -0.2) is 27.2 Å². The average Bonchev–Trinajstić information content (AvgIpc) is 2.30. The minimum absolute atomic E-state index is 0.685. The second-order valence-corrected chi connectivity index (χ2v) is 1.58. The summed E-state index contributed by atoms with van der Waals surface area (Å²) in [6.45, 7) is 0. The third kappa shape index (κ3) is 0.970. The number of hydrazone groups is 1. The maximum Gasteiger partial charge on any atom is 0.483 e. The van der Waals surface area contributed by atoms with E-state index in [2.05, 4.69) is 9.89 Å². The molecule has 1 aliphatic heterocycles. The van der Waals surface area contributed by atoms with Gasteiger partial charge in [0.05, 0.1) is 5.10 Å². The third-order valence-electron chi connectivity index (χ3n) is 0.963. The topological polar surface area (TPSA) is 121 Å². The molecule has 0 radical (unpaired) electrons. The average molecular weight is 155 g/mol. The van der Waals surface area contributed by atoms with Crippen LogP contribution >= 0.6 is 0 Å². The maximum absolute atomic E-state index is 10.5. The van der Waals surface area contributed by atoms with Gasteiger partial charge in [0.15, 0.2) is 0 Å². The van der Waals surface area contributed by atoms with Gasteiger partial charge in [0, 0.05) is 0 Å². The molecule has 1 aliphatic rings. The van der Waals surface area contributed by atoms with Crippen molar-refractivity contribution in [2.75, 3.05) is 0 Å². The van der Waals surface area contributed by atoms with Gasteiger partial charge in [-0.25, -0.2) is 0 Å². The predicted octanol–water partition coefficient (Wildman–Crippen LogP) is -1.62. The van der Waals surface area contributed by atoms with E-state index in [-0.39, 0.29) is 0 Å². The Labute approximate surface area is 59.3 Å². The molecule has 8 heteroatoms. The zero-order chi connectivity index (χ0) is 8.43. The van der Waals surface area contributed by atoms with Crippen LogP contribution in [0.25, 0.3) is 5.53 Å². The monoisotopic (exact) mass is 155 g/mol. The van der Waals surface area contributed by atoms with Gasteiger partial charge < -0.3 is 15.6 Å². The molecule has 56 valence electrons. The molecule has 0 aromatic rings. The smallest absolute Gasteiger partial charge is 0.360 e. The Kier molecular flexibility index (Phi) is 1.45. The highest BCUT2D eigenvalue weighted by atomic mass is 16.6. The first-order chi connectivity index (χ1) is 5.16. The maximum atomic E-state index is 10.5. The fourth-order valence-corrected chi connectivity index (χ4v) is 0.529. The van der Waals surface area contributed by atoms with Crippen LogP contribution in [0.1, 0.15) is 0 Å². The molecule has 0 aromatic carbocycles. The lowest BCUT2D eigenvalue weighted by molar-refractivity contribution is -0.347. The summed E-state index contributed by atoms with van der Waals surface area (Å²) in [6.07, 6.45) is 0. The first-order valence-corrected chi connectivity index (χ1v) is 2.41. The van der Waals surface area contributed by atoms with Gasteiger partial charge in [-0.2, -0.15) is 4.79 Å². The van der Waals surface area contributed by atoms with Crippen molar-refractivity contribution < 1.29 is 14.5 Å². The Balaban J connectivity index is 3.11. The molecule has 0 aliphatic carbocycles. The molecule has 1 heterocycles. The van der Waals surface area contributed by atoms with Crippen LogP contribution in [0.5, 0.6) is 0 Å². The molecule has 11 heavy (non-hydrogen) atoms. The van der Waals surface area contributed by atoms with Crippen LogP contribution in [0, 0.1) is 10.1 Å². The Morgan fingerprint density at radius 2 is 2.36 bits per heavy atom. The molecule has 0 saturated carbocycles. The molecule has 8 nitrogen and oxygen atoms in total. The Bertz CT molecular complexity index is 311. The molecular weight excluding hydrogens is 154 g/mol. The highest BCUT2D eigenvalue weighted by Crippen LogP contribution is 1.90. The molecule has 0 bridgehead atoms. The molecule has 0 saturated heterocycles. The van der Waals surface area contributed by atoms with Crippen LogP contribution in [-0.2, 0) is 4.79 Å². The fraction of sp³-hybridized carbons (Fsp3) is 0. The molecule has 0 fully saturated rings. The minimum Gasteiger partial charge on any atom is -0.360 e. The van der Waals surface area contributed by atoms with Crippen LogP contribution in [0.2, 0.25) is 0 Å². The number of amidine groups is 1. The van der Waals surface area contributed by atoms with Gasteiger partial charge in [0.2, 0.25) is 0 Å². The molecule has 0 spiro atoms. The van der Waals surface area contributed by atoms with Crippen molar-refractivity contribution in [2.45, 2.75) is 0 Å². The Hall–Kier alpha value is -2.08. The number of nitrogens with zero attached hydrogens (tertiary/aromatic N) is 4. The van der Waals surface area contributed by atoms with Gasteiger partial charge in [-0.1, -0.05) is 0 Å². The van der Waals surface area contributed by atoms with Crippen molar-refractivity contribution in [3.63, 3.8) is 0 Å². The van der Waals surface area contributed by atoms with E-state index in [0.29, 0.717) is 0 Å². The summed E-state index contributed by atoms with van der Waals surface area (Å²) in [5, 5.41) is 13.0. The fourth-order valence-electron chi connectivity index (χ4n) is 0.529. The van der Waals surface area contributed by atoms with E-state index < -0.39 is 22.4 Å². The zero-order valence-corrected chi connectivity index (χ0v) is 5.01. The summed E-state index contributed by atoms with van der Waals surface area (Å²) in [5.41, 5.74) is 9.18. The summed E-state index contributed by atoms with van der Waals surface area (Å²) < 4.78 is 0. The molecular formula is C3HN5O3. The van der Waals surface area contributed by atoms with Gasteiger partial charge >= 0.3 is 17.5 Å². The van der Waals surface area contributed by atoms with Crippen molar-refractivity contribution in [3.8, 4) is 0 Å². The minimum atomic E-state index is -0.924. The van der Waals surface area contributed by atoms with Crippen molar-refractivity contribution in [1.29, 1.82) is 0 Å². The second kappa shape index (κ2) is 2.27. The van der Waals surface area contributed by atoms with E-state index in [9.17, 15) is 14.9 Å². The van der Waals surface area contributed by atoms with E-state index in [0.717, 1.165) is 0 Å². The van der Waals surface area contributed by atoms with Crippen LogP contribution in [0.15, 0.2) is 5.10 Å². The van der Waals surface area contributed by atoms with E-state index >= 15 is 0 Å². The van der Waals surface area contributed by atoms with E-state index in [4.69, 9.17) is 5.53 Å². The van der Waals surface area contributed by atoms with E-state index in [1.807, 2.05) is 0 Å². The van der Waals surface area contributed by atoms with Gasteiger partial charge in [-0.15, -0.1) is 5.43 Å². The molecule has 0 unspecified atom stereocenters. The van der Waals surface area contributed by atoms with Gasteiger partial charge in [0.1, 0.15) is 0 Å². The van der Waals surface area contributed by atoms with Crippen molar-refractivity contribution in [2.24, 2.45) is 5.10 Å². The number of carbonyl (C=O) groups is 1. The number of hydrogen-bond acceptors (Lipinski definition) is 4. The number of nitro groups is 1. The quantitative estimate of drug-likeness (QED) is 0.195. The van der Waals surface area contributed by atoms with Gasteiger partial charge in [-0.3, -0.25) is 4.79 Å². The molecule has 1 amide bonds. The summed E-state index contributed by atoms with van der Waals surface area (Å²) in [7, 11) is 0. The SMILES string of the molecule is [N-]=[N+]=C1C(=O)NN=C1[N+](=O)[O-]. The third-order valence-corrected chi connectivity index (χ3v) is 0.963. The second-order valence-electron chi connectivity index (χ2n) is 1.58. The lowest BCUT2D eigenvalue weighted by Gasteiger charge is -1.81. The standard InChI is InChI=1S/C3HN5O3/c4-5-1-2(8(10)11)6-7-3(1)9/h(H,7,9). The van der Waals surface area contributed by atoms with E-state index in [1.165, 1.54) is 0 Å². The highest BCUT2D eigenvalue weighted by Gasteiger charge is 2.44. The van der Waals surface area contributed by atoms with Gasteiger partial charge in [0.25, 0.3) is 0 Å². The van der Waals surface area contributed by atoms with E-state index in [1.54, 1.807) is 5.43 Å². The van der Waals surface area contributed by atoms with Crippen LogP contribution in [0.4, 0.5) is 0 Å². The van der Waals surface area contributed by atoms with Gasteiger partial charge in [-0.05, 0) is 4.92 Å². The van der Waals surface area contributed by atoms with Crippen molar-refractivity contribution in [3.05, 3.63) is 15.6 Å². The van der Waals surface area contributed by atoms with Crippen LogP contribution < -0.4 is 5.43 Å². The number of rotatable bonds is 0. The van der Waals surface area contributed by atoms with Crippen molar-refractivity contribution in [1.82, 2.24) is 5.43 Å². The largest absolute Gasteiger partial charge is 0.483 e.